The van der Waals surface area contributed by atoms with Crippen LogP contribution in [0.1, 0.15) is 53.1 Å². The van der Waals surface area contributed by atoms with Gasteiger partial charge in [0.1, 0.15) is 12.1 Å². The fraction of sp³-hybridized carbons (Fsp3) is 0.308. The van der Waals surface area contributed by atoms with Crippen LogP contribution in [0.3, 0.4) is 0 Å². The molecule has 1 amide bonds. The zero-order valence-corrected chi connectivity index (χ0v) is 18.3. The molecule has 2 aromatic heterocycles. The van der Waals surface area contributed by atoms with Gasteiger partial charge in [0.25, 0.3) is 5.91 Å². The first-order chi connectivity index (χ1) is 16.2. The summed E-state index contributed by atoms with van der Waals surface area (Å²) in [6.45, 7) is 2.42. The molecule has 2 fully saturated rings. The van der Waals surface area contributed by atoms with Gasteiger partial charge in [-0.3, -0.25) is 4.79 Å². The van der Waals surface area contributed by atoms with Gasteiger partial charge in [-0.1, -0.05) is 12.1 Å². The predicted molar refractivity (Wildman–Crippen MR) is 127 cm³/mol. The second-order valence-electron chi connectivity index (χ2n) is 8.99. The maximum Gasteiger partial charge on any atom is 0.281 e. The lowest BCUT2D eigenvalue weighted by Crippen LogP contribution is -2.34. The van der Waals surface area contributed by atoms with Gasteiger partial charge in [0.15, 0.2) is 0 Å². The molecule has 1 radical (unpaired) electrons. The van der Waals surface area contributed by atoms with Gasteiger partial charge in [-0.2, -0.15) is 0 Å². The summed E-state index contributed by atoms with van der Waals surface area (Å²) < 4.78 is 0. The fourth-order valence-corrected chi connectivity index (χ4v) is 4.85. The van der Waals surface area contributed by atoms with Crippen molar-refractivity contribution in [3.05, 3.63) is 71.9 Å². The minimum atomic E-state index is -0.294. The number of nitrogens with one attached hydrogen (secondary N) is 1. The number of amides is 1. The van der Waals surface area contributed by atoms with E-state index in [1.807, 2.05) is 12.1 Å². The number of nitrogens with zero attached hydrogens (tertiary/aromatic N) is 5. The van der Waals surface area contributed by atoms with E-state index in [9.17, 15) is 4.79 Å². The number of benzene rings is 1. The van der Waals surface area contributed by atoms with Gasteiger partial charge in [-0.15, -0.1) is 0 Å². The van der Waals surface area contributed by atoms with E-state index in [-0.39, 0.29) is 5.91 Å². The molecule has 1 saturated carbocycles. The molecular weight excluding hydrogens is 412 g/mol. The molecule has 3 aromatic rings. The van der Waals surface area contributed by atoms with Crippen molar-refractivity contribution in [2.45, 2.75) is 37.6 Å². The van der Waals surface area contributed by atoms with Crippen LogP contribution in [-0.2, 0) is 0 Å². The van der Waals surface area contributed by atoms with Crippen molar-refractivity contribution >= 4 is 23.5 Å². The molecule has 7 nitrogen and oxygen atoms in total. The molecule has 165 valence electrons. The van der Waals surface area contributed by atoms with Crippen molar-refractivity contribution < 1.29 is 4.79 Å². The Morgan fingerprint density at radius 3 is 2.45 bits per heavy atom. The lowest BCUT2D eigenvalue weighted by molar-refractivity contribution is 0.0965. The Balaban J connectivity index is 1.25. The Hall–Kier alpha value is -3.58. The number of carbonyl (C=O) groups is 1. The molecule has 2 aliphatic heterocycles. The van der Waals surface area contributed by atoms with Crippen LogP contribution in [0.15, 0.2) is 55.3 Å². The molecule has 6 rings (SSSR count). The maximum atomic E-state index is 12.6. The van der Waals surface area contributed by atoms with E-state index in [0.717, 1.165) is 22.9 Å². The molecule has 1 aliphatic carbocycles. The van der Waals surface area contributed by atoms with Crippen LogP contribution in [0.4, 0.5) is 11.5 Å². The number of hydrogen-bond acceptors (Lipinski definition) is 6. The Morgan fingerprint density at radius 1 is 0.970 bits per heavy atom. The summed E-state index contributed by atoms with van der Waals surface area (Å²) in [5.74, 6) is 0.819. The number of hydrogen-bond donors (Lipinski definition) is 1. The second kappa shape index (κ2) is 8.41. The summed E-state index contributed by atoms with van der Waals surface area (Å²) in [6, 6.07) is 11.3. The minimum Gasteiger partial charge on any atom is -0.340 e. The Kier molecular flexibility index (Phi) is 5.11. The molecule has 3 aliphatic rings. The molecule has 0 atom stereocenters. The molecule has 1 N–H and O–H groups in total. The summed E-state index contributed by atoms with van der Waals surface area (Å²) in [7, 11) is 0. The summed E-state index contributed by atoms with van der Waals surface area (Å²) in [5.41, 5.74) is 5.04. The van der Waals surface area contributed by atoms with Gasteiger partial charge >= 0.3 is 0 Å². The number of carbonyl (C=O) groups excluding carboxylic acids is 1. The van der Waals surface area contributed by atoms with Crippen molar-refractivity contribution in [1.82, 2.24) is 25.2 Å². The number of likely N-dealkylation sites (tertiary alicyclic amines) is 1. The van der Waals surface area contributed by atoms with Gasteiger partial charge in [0.2, 0.25) is 0 Å². The molecular formula is C26H25N6O. The van der Waals surface area contributed by atoms with E-state index >= 15 is 0 Å². The van der Waals surface area contributed by atoms with E-state index in [1.54, 1.807) is 12.4 Å². The lowest BCUT2D eigenvalue weighted by Gasteiger charge is -2.32. The van der Waals surface area contributed by atoms with Crippen LogP contribution in [0, 0.1) is 0 Å². The smallest absolute Gasteiger partial charge is 0.281 e. The van der Waals surface area contributed by atoms with Crippen LogP contribution < -0.4 is 10.6 Å². The average Bonchev–Trinajstić information content (AvgIpc) is 3.71. The maximum absolute atomic E-state index is 12.6. The Labute approximate surface area is 193 Å². The summed E-state index contributed by atoms with van der Waals surface area (Å²) in [5, 5.41) is 7.30. The SMILES string of the molecule is O=C1[N]C=Cc2cc(-c3cncnc3)nc(Nc3ccc(C4CCN(C5CC5)CC4)cc3)c21. The molecule has 0 bridgehead atoms. The average molecular weight is 438 g/mol. The monoisotopic (exact) mass is 437 g/mol. The first-order valence-corrected chi connectivity index (χ1v) is 11.6. The van der Waals surface area contributed by atoms with Gasteiger partial charge in [-0.25, -0.2) is 20.3 Å². The first kappa shape index (κ1) is 20.1. The van der Waals surface area contributed by atoms with Crippen LogP contribution in [0.2, 0.25) is 0 Å². The fourth-order valence-electron chi connectivity index (χ4n) is 4.85. The third-order valence-corrected chi connectivity index (χ3v) is 6.80. The van der Waals surface area contributed by atoms with Crippen LogP contribution in [-0.4, -0.2) is 44.9 Å². The Bertz CT molecular complexity index is 1200. The number of anilines is 2. The molecule has 1 saturated heterocycles. The number of aromatic nitrogens is 3. The van der Waals surface area contributed by atoms with Crippen LogP contribution in [0.25, 0.3) is 17.3 Å². The van der Waals surface area contributed by atoms with Gasteiger partial charge in [0, 0.05) is 35.9 Å². The van der Waals surface area contributed by atoms with Gasteiger partial charge in [0.05, 0.1) is 11.3 Å². The zero-order valence-electron chi connectivity index (χ0n) is 18.3. The molecule has 0 spiro atoms. The zero-order chi connectivity index (χ0) is 22.2. The quantitative estimate of drug-likeness (QED) is 0.639. The predicted octanol–water partition coefficient (Wildman–Crippen LogP) is 4.35. The molecule has 1 aromatic carbocycles. The van der Waals surface area contributed by atoms with Crippen LogP contribution >= 0.6 is 0 Å². The standard InChI is InChI=1S/C26H25N6O/c33-26-24-19(7-10-29-26)13-23(20-14-27-16-28-15-20)31-25(24)30-21-3-1-17(2-4-21)18-8-11-32(12-9-18)22-5-6-22/h1-4,7,10,13-16,18,22H,5-6,8-9,11-12H2,(H,30,31). The topological polar surface area (TPSA) is 85.1 Å². The Morgan fingerprint density at radius 2 is 1.73 bits per heavy atom. The number of piperidine rings is 1. The second-order valence-corrected chi connectivity index (χ2v) is 8.99. The number of fused-ring (bicyclic) bond motifs is 1. The van der Waals surface area contributed by atoms with Gasteiger partial charge < -0.3 is 10.2 Å². The van der Waals surface area contributed by atoms with Crippen molar-refractivity contribution in [2.75, 3.05) is 18.4 Å². The minimum absolute atomic E-state index is 0.294. The van der Waals surface area contributed by atoms with Crippen molar-refractivity contribution in [2.24, 2.45) is 0 Å². The normalized spacial score (nSPS) is 18.6. The van der Waals surface area contributed by atoms with Crippen LogP contribution in [0.5, 0.6) is 0 Å². The third kappa shape index (κ3) is 4.12. The highest BCUT2D eigenvalue weighted by molar-refractivity contribution is 6.05. The van der Waals surface area contributed by atoms with Gasteiger partial charge in [-0.05, 0) is 80.1 Å². The lowest BCUT2D eigenvalue weighted by atomic mass is 9.89. The summed E-state index contributed by atoms with van der Waals surface area (Å²) >= 11 is 0. The molecule has 4 heterocycles. The van der Waals surface area contributed by atoms with Crippen molar-refractivity contribution in [3.63, 3.8) is 0 Å². The van der Waals surface area contributed by atoms with Crippen molar-refractivity contribution in [1.29, 1.82) is 0 Å². The number of rotatable bonds is 5. The van der Waals surface area contributed by atoms with E-state index < -0.39 is 0 Å². The molecule has 0 unspecified atom stereocenters. The molecule has 7 heteroatoms. The van der Waals surface area contributed by atoms with E-state index in [2.05, 4.69) is 49.8 Å². The first-order valence-electron chi connectivity index (χ1n) is 11.6. The third-order valence-electron chi connectivity index (χ3n) is 6.80. The highest BCUT2D eigenvalue weighted by Gasteiger charge is 2.32. The summed E-state index contributed by atoms with van der Waals surface area (Å²) in [4.78, 5) is 28.1. The summed E-state index contributed by atoms with van der Waals surface area (Å²) in [6.07, 6.45) is 13.5. The molecule has 33 heavy (non-hydrogen) atoms. The highest BCUT2D eigenvalue weighted by Crippen LogP contribution is 2.35. The van der Waals surface area contributed by atoms with E-state index in [4.69, 9.17) is 4.98 Å². The van der Waals surface area contributed by atoms with E-state index in [1.165, 1.54) is 56.9 Å². The number of pyridine rings is 1. The van der Waals surface area contributed by atoms with Crippen molar-refractivity contribution in [3.8, 4) is 11.3 Å². The van der Waals surface area contributed by atoms with E-state index in [0.29, 0.717) is 23.0 Å². The largest absolute Gasteiger partial charge is 0.340 e. The highest BCUT2D eigenvalue weighted by atomic mass is 16.1.